The second-order valence-corrected chi connectivity index (χ2v) is 9.31. The Morgan fingerprint density at radius 2 is 1.84 bits per heavy atom. The molecule has 0 saturated carbocycles. The number of carbonyl (C=O) groups excluding carboxylic acids is 2. The summed E-state index contributed by atoms with van der Waals surface area (Å²) in [7, 11) is 0. The molecule has 0 radical (unpaired) electrons. The molecule has 2 aromatic rings. The van der Waals surface area contributed by atoms with E-state index in [9.17, 15) is 14.0 Å². The lowest BCUT2D eigenvalue weighted by molar-refractivity contribution is 0.405. The van der Waals surface area contributed by atoms with Gasteiger partial charge in [0.2, 0.25) is 12.2 Å². The summed E-state index contributed by atoms with van der Waals surface area (Å²) in [6.45, 7) is 7.97. The van der Waals surface area contributed by atoms with Gasteiger partial charge in [0.05, 0.1) is 17.6 Å². The van der Waals surface area contributed by atoms with E-state index in [0.717, 1.165) is 53.9 Å². The van der Waals surface area contributed by atoms with E-state index in [-0.39, 0.29) is 23.7 Å². The highest BCUT2D eigenvalue weighted by atomic mass is 19.1. The van der Waals surface area contributed by atoms with E-state index in [2.05, 4.69) is 21.9 Å². The highest BCUT2D eigenvalue weighted by Crippen LogP contribution is 2.48. The number of hydrogen-bond acceptors (Lipinski definition) is 6. The molecule has 7 heteroatoms. The number of aryl methyl sites for hydroxylation is 1. The maximum Gasteiger partial charge on any atom is 0.240 e. The summed E-state index contributed by atoms with van der Waals surface area (Å²) in [6.07, 6.45) is 8.77. The predicted octanol–water partition coefficient (Wildman–Crippen LogP) is 5.63. The standard InChI is InChI=1S/C25H27FN4O2/c1-13(2)22-25(29-12-32)21(19(26)10-27-22)14(3)8-16-9-18-23(15(16)4)30-20-7-5-6-17(20)24(18)28-11-31/h10,13-16H,5-9H2,1-4H3. The fourth-order valence-electron chi connectivity index (χ4n) is 5.47. The summed E-state index contributed by atoms with van der Waals surface area (Å²) in [4.78, 5) is 39.2. The molecule has 0 aliphatic heterocycles. The van der Waals surface area contributed by atoms with Crippen molar-refractivity contribution in [3.05, 3.63) is 45.8 Å². The SMILES string of the molecule is CC(C)c1ncc(F)c(C(C)CC2Cc3c(nc4c(c3N=C=O)CCC4)C2C)c1N=C=O. The van der Waals surface area contributed by atoms with Crippen LogP contribution in [-0.2, 0) is 28.9 Å². The number of fused-ring (bicyclic) bond motifs is 2. The van der Waals surface area contributed by atoms with E-state index < -0.39 is 5.82 Å². The first-order valence-corrected chi connectivity index (χ1v) is 11.3. The average molecular weight is 435 g/mol. The minimum absolute atomic E-state index is 0.00125. The Bertz CT molecular complexity index is 1160. The third-order valence-electron chi connectivity index (χ3n) is 7.01. The van der Waals surface area contributed by atoms with Gasteiger partial charge in [-0.1, -0.05) is 27.7 Å². The third kappa shape index (κ3) is 3.72. The van der Waals surface area contributed by atoms with E-state index in [1.807, 2.05) is 20.8 Å². The van der Waals surface area contributed by atoms with Crippen molar-refractivity contribution in [1.29, 1.82) is 0 Å². The maximum atomic E-state index is 14.9. The van der Waals surface area contributed by atoms with E-state index in [0.29, 0.717) is 23.4 Å². The molecule has 2 aromatic heterocycles. The van der Waals surface area contributed by atoms with Gasteiger partial charge in [0.25, 0.3) is 0 Å². The van der Waals surface area contributed by atoms with Crippen LogP contribution in [0.15, 0.2) is 16.2 Å². The molecular weight excluding hydrogens is 407 g/mol. The molecule has 0 N–H and O–H groups in total. The van der Waals surface area contributed by atoms with Crippen molar-refractivity contribution in [3.63, 3.8) is 0 Å². The van der Waals surface area contributed by atoms with Gasteiger partial charge >= 0.3 is 0 Å². The normalized spacial score (nSPS) is 19.8. The zero-order valence-corrected chi connectivity index (χ0v) is 18.9. The van der Waals surface area contributed by atoms with Crippen LogP contribution in [0.4, 0.5) is 15.8 Å². The number of aromatic nitrogens is 2. The Morgan fingerprint density at radius 3 is 2.53 bits per heavy atom. The van der Waals surface area contributed by atoms with Crippen LogP contribution in [0.2, 0.25) is 0 Å². The first-order valence-electron chi connectivity index (χ1n) is 11.3. The van der Waals surface area contributed by atoms with Crippen LogP contribution in [-0.4, -0.2) is 22.1 Å². The molecule has 4 rings (SSSR count). The molecule has 0 amide bonds. The highest BCUT2D eigenvalue weighted by molar-refractivity contribution is 5.64. The monoisotopic (exact) mass is 434 g/mol. The smallest absolute Gasteiger partial charge is 0.240 e. The van der Waals surface area contributed by atoms with E-state index in [1.165, 1.54) is 6.20 Å². The van der Waals surface area contributed by atoms with Crippen LogP contribution in [0.3, 0.4) is 0 Å². The summed E-state index contributed by atoms with van der Waals surface area (Å²) >= 11 is 0. The Morgan fingerprint density at radius 1 is 1.12 bits per heavy atom. The van der Waals surface area contributed by atoms with Gasteiger partial charge in [-0.25, -0.2) is 14.0 Å². The number of halogens is 1. The zero-order chi connectivity index (χ0) is 23.0. The van der Waals surface area contributed by atoms with Gasteiger partial charge in [-0.05, 0) is 49.9 Å². The van der Waals surface area contributed by atoms with Crippen molar-refractivity contribution in [2.24, 2.45) is 15.9 Å². The zero-order valence-electron chi connectivity index (χ0n) is 18.9. The van der Waals surface area contributed by atoms with Crippen molar-refractivity contribution in [2.75, 3.05) is 0 Å². The molecule has 2 heterocycles. The number of hydrogen-bond donors (Lipinski definition) is 0. The summed E-state index contributed by atoms with van der Waals surface area (Å²) in [5, 5.41) is 0. The van der Waals surface area contributed by atoms with Crippen LogP contribution in [0, 0.1) is 11.7 Å². The molecular formula is C25H27FN4O2. The third-order valence-corrected chi connectivity index (χ3v) is 7.01. The quantitative estimate of drug-likeness (QED) is 0.435. The lowest BCUT2D eigenvalue weighted by atomic mass is 9.83. The minimum atomic E-state index is -0.456. The highest BCUT2D eigenvalue weighted by Gasteiger charge is 2.37. The molecule has 0 bridgehead atoms. The van der Waals surface area contributed by atoms with Crippen molar-refractivity contribution in [1.82, 2.24) is 9.97 Å². The molecule has 2 aliphatic carbocycles. The number of rotatable bonds is 6. The Labute approximate surface area is 187 Å². The van der Waals surface area contributed by atoms with Crippen LogP contribution in [0.25, 0.3) is 0 Å². The molecule has 0 spiro atoms. The van der Waals surface area contributed by atoms with Gasteiger partial charge in [0.1, 0.15) is 11.5 Å². The number of pyridine rings is 2. The summed E-state index contributed by atoms with van der Waals surface area (Å²) in [5.41, 5.74) is 6.22. The van der Waals surface area contributed by atoms with E-state index >= 15 is 0 Å². The van der Waals surface area contributed by atoms with Gasteiger partial charge in [-0.15, -0.1) is 0 Å². The van der Waals surface area contributed by atoms with Crippen LogP contribution in [0.1, 0.15) is 92.1 Å². The number of nitrogens with zero attached hydrogens (tertiary/aromatic N) is 4. The molecule has 3 unspecified atom stereocenters. The fraction of sp³-hybridized carbons (Fsp3) is 0.520. The Hall–Kier alpha value is -3.01. The number of isocyanates is 2. The van der Waals surface area contributed by atoms with Crippen molar-refractivity contribution in [2.45, 2.75) is 77.6 Å². The molecule has 0 saturated heterocycles. The van der Waals surface area contributed by atoms with Crippen molar-refractivity contribution in [3.8, 4) is 0 Å². The van der Waals surface area contributed by atoms with Gasteiger partial charge < -0.3 is 0 Å². The lowest BCUT2D eigenvalue weighted by Gasteiger charge is -2.23. The van der Waals surface area contributed by atoms with Crippen molar-refractivity contribution < 1.29 is 14.0 Å². The number of aliphatic imine (C=N–C) groups is 2. The molecule has 6 nitrogen and oxygen atoms in total. The van der Waals surface area contributed by atoms with Gasteiger partial charge in [0, 0.05) is 34.0 Å². The molecule has 32 heavy (non-hydrogen) atoms. The van der Waals surface area contributed by atoms with Crippen LogP contribution < -0.4 is 0 Å². The van der Waals surface area contributed by atoms with Crippen LogP contribution in [0.5, 0.6) is 0 Å². The second kappa shape index (κ2) is 8.85. The first kappa shape index (κ1) is 22.2. The molecule has 0 aromatic carbocycles. The van der Waals surface area contributed by atoms with Gasteiger partial charge in [-0.2, -0.15) is 9.98 Å². The molecule has 166 valence electrons. The second-order valence-electron chi connectivity index (χ2n) is 9.31. The Kier molecular flexibility index (Phi) is 6.14. The van der Waals surface area contributed by atoms with Crippen LogP contribution >= 0.6 is 0 Å². The lowest BCUT2D eigenvalue weighted by Crippen LogP contribution is -2.12. The topological polar surface area (TPSA) is 84.6 Å². The Balaban J connectivity index is 1.69. The average Bonchev–Trinajstić information content (AvgIpc) is 3.33. The predicted molar refractivity (Wildman–Crippen MR) is 119 cm³/mol. The summed E-state index contributed by atoms with van der Waals surface area (Å²) < 4.78 is 14.9. The van der Waals surface area contributed by atoms with Gasteiger partial charge in [-0.3, -0.25) is 9.97 Å². The maximum absolute atomic E-state index is 14.9. The minimum Gasteiger partial charge on any atom is -0.257 e. The fourth-order valence-corrected chi connectivity index (χ4v) is 5.47. The van der Waals surface area contributed by atoms with Gasteiger partial charge in [0.15, 0.2) is 0 Å². The molecule has 2 aliphatic rings. The van der Waals surface area contributed by atoms with E-state index in [1.54, 1.807) is 12.2 Å². The first-order chi connectivity index (χ1) is 15.4. The summed E-state index contributed by atoms with van der Waals surface area (Å²) in [6, 6.07) is 0. The largest absolute Gasteiger partial charge is 0.257 e. The van der Waals surface area contributed by atoms with Crippen molar-refractivity contribution >= 4 is 23.5 Å². The molecule has 3 atom stereocenters. The molecule has 0 fully saturated rings. The van der Waals surface area contributed by atoms with E-state index in [4.69, 9.17) is 4.98 Å². The summed E-state index contributed by atoms with van der Waals surface area (Å²) in [5.74, 6) is -0.277.